The van der Waals surface area contributed by atoms with Crippen LogP contribution in [0.5, 0.6) is 0 Å². The second-order valence-electron chi connectivity index (χ2n) is 3.46. The number of aryl methyl sites for hydroxylation is 1. The number of nitrogens with zero attached hydrogens (tertiary/aromatic N) is 2. The number of halogens is 2. The Morgan fingerprint density at radius 3 is 2.53 bits per heavy atom. The van der Waals surface area contributed by atoms with Gasteiger partial charge < -0.3 is 5.73 Å². The summed E-state index contributed by atoms with van der Waals surface area (Å²) in [5.41, 5.74) is 5.53. The molecule has 0 aliphatic heterocycles. The number of aromatic nitrogens is 2. The minimum atomic E-state index is 0.542. The van der Waals surface area contributed by atoms with E-state index in [1.807, 2.05) is 23.0 Å². The molecule has 0 spiro atoms. The molecule has 0 radical (unpaired) electrons. The van der Waals surface area contributed by atoms with Crippen LogP contribution in [0.15, 0.2) is 35.4 Å². The monoisotopic (exact) mass is 287 g/mol. The van der Waals surface area contributed by atoms with E-state index in [9.17, 15) is 0 Å². The molecule has 17 heavy (non-hydrogen) atoms. The summed E-state index contributed by atoms with van der Waals surface area (Å²) in [5, 5.41) is 5.42. The second kappa shape index (κ2) is 5.67. The summed E-state index contributed by atoms with van der Waals surface area (Å²) in [5.74, 6) is 1.43. The van der Waals surface area contributed by atoms with Crippen LogP contribution in [0.1, 0.15) is 0 Å². The lowest BCUT2D eigenvalue weighted by Gasteiger charge is -2.03. The van der Waals surface area contributed by atoms with E-state index >= 15 is 0 Å². The average molecular weight is 288 g/mol. The lowest BCUT2D eigenvalue weighted by molar-refractivity contribution is 0.669. The summed E-state index contributed by atoms with van der Waals surface area (Å²) in [6.07, 6.45) is 1.86. The van der Waals surface area contributed by atoms with Crippen molar-refractivity contribution in [2.24, 2.45) is 0 Å². The molecule has 2 aromatic rings. The van der Waals surface area contributed by atoms with Crippen LogP contribution in [0, 0.1) is 0 Å². The molecule has 3 nitrogen and oxygen atoms in total. The third-order valence-electron chi connectivity index (χ3n) is 2.09. The van der Waals surface area contributed by atoms with Crippen molar-refractivity contribution in [1.82, 2.24) is 9.78 Å². The first-order valence-electron chi connectivity index (χ1n) is 5.01. The van der Waals surface area contributed by atoms with Crippen molar-refractivity contribution in [3.63, 3.8) is 0 Å². The molecule has 0 amide bonds. The first-order chi connectivity index (χ1) is 8.13. The normalized spacial score (nSPS) is 10.7. The van der Waals surface area contributed by atoms with Gasteiger partial charge >= 0.3 is 0 Å². The van der Waals surface area contributed by atoms with Crippen LogP contribution in [-0.4, -0.2) is 15.5 Å². The Labute approximate surface area is 114 Å². The van der Waals surface area contributed by atoms with Gasteiger partial charge in [0.05, 0.1) is 6.54 Å². The first kappa shape index (κ1) is 12.6. The third kappa shape index (κ3) is 3.84. The zero-order valence-corrected chi connectivity index (χ0v) is 11.3. The molecule has 0 aliphatic rings. The van der Waals surface area contributed by atoms with E-state index in [0.29, 0.717) is 15.9 Å². The van der Waals surface area contributed by atoms with Crippen molar-refractivity contribution in [1.29, 1.82) is 0 Å². The number of nitrogens with two attached hydrogens (primary N) is 1. The predicted octanol–water partition coefficient (Wildman–Crippen LogP) is 3.56. The van der Waals surface area contributed by atoms with Gasteiger partial charge in [-0.15, -0.1) is 11.8 Å². The van der Waals surface area contributed by atoms with Gasteiger partial charge in [-0.2, -0.15) is 5.10 Å². The van der Waals surface area contributed by atoms with Crippen LogP contribution in [0.4, 0.5) is 5.82 Å². The van der Waals surface area contributed by atoms with E-state index in [-0.39, 0.29) is 0 Å². The number of benzene rings is 1. The Bertz CT molecular complexity index is 493. The lowest BCUT2D eigenvalue weighted by Crippen LogP contribution is -2.01. The van der Waals surface area contributed by atoms with Crippen LogP contribution < -0.4 is 5.73 Å². The summed E-state index contributed by atoms with van der Waals surface area (Å²) < 4.78 is 1.81. The van der Waals surface area contributed by atoms with E-state index in [4.69, 9.17) is 28.9 Å². The molecule has 1 heterocycles. The van der Waals surface area contributed by atoms with Gasteiger partial charge in [-0.25, -0.2) is 0 Å². The molecule has 0 atom stereocenters. The maximum Gasteiger partial charge on any atom is 0.145 e. The molecule has 2 N–H and O–H groups in total. The van der Waals surface area contributed by atoms with Gasteiger partial charge in [0.1, 0.15) is 5.82 Å². The molecule has 0 unspecified atom stereocenters. The molecular formula is C11H11Cl2N3S. The minimum absolute atomic E-state index is 0.542. The summed E-state index contributed by atoms with van der Waals surface area (Å²) in [6.45, 7) is 0.798. The molecule has 1 aromatic heterocycles. The molecule has 2 rings (SSSR count). The third-order valence-corrected chi connectivity index (χ3v) is 3.48. The molecule has 1 aromatic carbocycles. The van der Waals surface area contributed by atoms with Crippen molar-refractivity contribution < 1.29 is 0 Å². The summed E-state index contributed by atoms with van der Waals surface area (Å²) in [6, 6.07) is 7.30. The van der Waals surface area contributed by atoms with Gasteiger partial charge in [-0.1, -0.05) is 23.2 Å². The Balaban J connectivity index is 1.89. The first-order valence-corrected chi connectivity index (χ1v) is 6.75. The van der Waals surface area contributed by atoms with Gasteiger partial charge in [0.2, 0.25) is 0 Å². The van der Waals surface area contributed by atoms with Crippen molar-refractivity contribution in [2.45, 2.75) is 11.4 Å². The van der Waals surface area contributed by atoms with Gasteiger partial charge in [0, 0.05) is 26.9 Å². The van der Waals surface area contributed by atoms with Gasteiger partial charge in [-0.05, 0) is 24.3 Å². The van der Waals surface area contributed by atoms with Gasteiger partial charge in [0.25, 0.3) is 0 Å². The van der Waals surface area contributed by atoms with Crippen molar-refractivity contribution >= 4 is 40.8 Å². The number of hydrogen-bond acceptors (Lipinski definition) is 3. The molecular weight excluding hydrogens is 277 g/mol. The predicted molar refractivity (Wildman–Crippen MR) is 73.8 cm³/mol. The highest BCUT2D eigenvalue weighted by Crippen LogP contribution is 2.26. The lowest BCUT2D eigenvalue weighted by atomic mass is 10.4. The molecule has 90 valence electrons. The number of nitrogen functional groups attached to an aromatic ring is 1. The van der Waals surface area contributed by atoms with Gasteiger partial charge in [0.15, 0.2) is 0 Å². The average Bonchev–Trinajstić information content (AvgIpc) is 2.63. The Morgan fingerprint density at radius 1 is 1.24 bits per heavy atom. The largest absolute Gasteiger partial charge is 0.382 e. The Kier molecular flexibility index (Phi) is 4.20. The van der Waals surface area contributed by atoms with E-state index < -0.39 is 0 Å². The molecule has 6 heteroatoms. The van der Waals surface area contributed by atoms with Crippen LogP contribution in [0.25, 0.3) is 0 Å². The zero-order valence-electron chi connectivity index (χ0n) is 8.94. The van der Waals surface area contributed by atoms with Crippen molar-refractivity contribution in [3.05, 3.63) is 40.5 Å². The van der Waals surface area contributed by atoms with Crippen LogP contribution >= 0.6 is 35.0 Å². The van der Waals surface area contributed by atoms with Gasteiger partial charge in [-0.3, -0.25) is 4.68 Å². The molecule has 0 saturated heterocycles. The summed E-state index contributed by atoms with van der Waals surface area (Å²) in [4.78, 5) is 1.06. The van der Waals surface area contributed by atoms with Crippen molar-refractivity contribution in [3.8, 4) is 0 Å². The smallest absolute Gasteiger partial charge is 0.145 e. The Morgan fingerprint density at radius 2 is 1.94 bits per heavy atom. The maximum atomic E-state index is 5.92. The van der Waals surface area contributed by atoms with E-state index in [0.717, 1.165) is 17.2 Å². The molecule has 0 aliphatic carbocycles. The zero-order chi connectivity index (χ0) is 12.3. The fourth-order valence-corrected chi connectivity index (χ4v) is 2.96. The Hall–Kier alpha value is -0.840. The summed E-state index contributed by atoms with van der Waals surface area (Å²) in [7, 11) is 0. The summed E-state index contributed by atoms with van der Waals surface area (Å²) >= 11 is 13.5. The van der Waals surface area contributed by atoms with Crippen LogP contribution in [0.3, 0.4) is 0 Å². The number of rotatable bonds is 4. The van der Waals surface area contributed by atoms with E-state index in [2.05, 4.69) is 5.10 Å². The second-order valence-corrected chi connectivity index (χ2v) is 5.50. The maximum absolute atomic E-state index is 5.92. The van der Waals surface area contributed by atoms with Crippen LogP contribution in [0.2, 0.25) is 10.0 Å². The van der Waals surface area contributed by atoms with E-state index in [1.165, 1.54) is 0 Å². The number of hydrogen-bond donors (Lipinski definition) is 1. The highest BCUT2D eigenvalue weighted by atomic mass is 35.5. The quantitative estimate of drug-likeness (QED) is 0.875. The highest BCUT2D eigenvalue weighted by Gasteiger charge is 2.00. The van der Waals surface area contributed by atoms with E-state index in [1.54, 1.807) is 23.9 Å². The molecule has 0 saturated carbocycles. The fourth-order valence-electron chi connectivity index (χ4n) is 1.37. The van der Waals surface area contributed by atoms with Crippen LogP contribution in [-0.2, 0) is 6.54 Å². The highest BCUT2D eigenvalue weighted by molar-refractivity contribution is 7.99. The SMILES string of the molecule is Nc1ccn(CCSc2cc(Cl)cc(Cl)c2)n1. The molecule has 0 fully saturated rings. The minimum Gasteiger partial charge on any atom is -0.382 e. The topological polar surface area (TPSA) is 43.8 Å². The molecule has 0 bridgehead atoms. The fraction of sp³-hybridized carbons (Fsp3) is 0.182. The van der Waals surface area contributed by atoms with Crippen molar-refractivity contribution in [2.75, 3.05) is 11.5 Å². The number of anilines is 1. The standard InChI is InChI=1S/C11H11Cl2N3S/c12-8-5-9(13)7-10(6-8)17-4-3-16-2-1-11(14)15-16/h1-2,5-7H,3-4H2,(H2,14,15). The number of thioether (sulfide) groups is 1.